The molecule has 1 aromatic carbocycles. The van der Waals surface area contributed by atoms with Crippen LogP contribution in [-0.4, -0.2) is 17.6 Å². The first-order chi connectivity index (χ1) is 7.04. The number of anilines is 1. The molecule has 0 saturated heterocycles. The van der Waals surface area contributed by atoms with E-state index in [0.29, 0.717) is 5.69 Å². The lowest BCUT2D eigenvalue weighted by Crippen LogP contribution is -2.22. The summed E-state index contributed by atoms with van der Waals surface area (Å²) in [4.78, 5) is 0. The minimum atomic E-state index is -0.528. The highest BCUT2D eigenvalue weighted by molar-refractivity contribution is 6.39. The van der Waals surface area contributed by atoms with Gasteiger partial charge in [-0.1, -0.05) is 28.4 Å². The molecule has 0 aliphatic carbocycles. The highest BCUT2D eigenvalue weighted by Gasteiger charge is 2.08. The second kappa shape index (κ2) is 5.04. The molecule has 82 valence electrons. The Bertz CT molecular complexity index is 374. The molecule has 0 aromatic heterocycles. The van der Waals surface area contributed by atoms with Crippen LogP contribution >= 0.6 is 23.2 Å². The molecule has 0 aliphatic rings. The molecular weight excluding hydrogens is 244 g/mol. The van der Waals surface area contributed by atoms with Gasteiger partial charge in [-0.2, -0.15) is 0 Å². The number of nitrogens with one attached hydrogen (secondary N) is 1. The van der Waals surface area contributed by atoms with Crippen molar-refractivity contribution >= 4 is 34.7 Å². The Kier molecular flexibility index (Phi) is 3.99. The van der Waals surface area contributed by atoms with E-state index < -0.39 is 5.82 Å². The molecule has 15 heavy (non-hydrogen) atoms. The van der Waals surface area contributed by atoms with Crippen molar-refractivity contribution in [3.63, 3.8) is 0 Å². The predicted octanol–water partition coefficient (Wildman–Crippen LogP) is 2.29. The first-order valence-electron chi connectivity index (χ1n) is 3.89. The quantitative estimate of drug-likeness (QED) is 0.334. The van der Waals surface area contributed by atoms with Crippen LogP contribution in [0.1, 0.15) is 0 Å². The normalized spacial score (nSPS) is 11.5. The molecule has 0 spiro atoms. The minimum absolute atomic E-state index is 0.0357. The molecule has 0 bridgehead atoms. The number of nitrogens with zero attached hydrogens (tertiary/aromatic N) is 1. The number of rotatable bonds is 3. The van der Waals surface area contributed by atoms with Crippen molar-refractivity contribution in [2.24, 2.45) is 10.9 Å². The van der Waals surface area contributed by atoms with E-state index in [-0.39, 0.29) is 22.4 Å². The third kappa shape index (κ3) is 3.14. The Labute approximate surface area is 95.5 Å². The van der Waals surface area contributed by atoms with Crippen molar-refractivity contribution in [3.05, 3.63) is 28.0 Å². The van der Waals surface area contributed by atoms with E-state index in [1.807, 2.05) is 0 Å². The van der Waals surface area contributed by atoms with Crippen molar-refractivity contribution in [2.75, 3.05) is 11.9 Å². The number of nitrogens with two attached hydrogens (primary N) is 1. The van der Waals surface area contributed by atoms with Gasteiger partial charge < -0.3 is 16.3 Å². The van der Waals surface area contributed by atoms with Gasteiger partial charge in [-0.15, -0.1) is 0 Å². The van der Waals surface area contributed by atoms with E-state index in [0.717, 1.165) is 12.1 Å². The van der Waals surface area contributed by atoms with E-state index in [1.165, 1.54) is 0 Å². The number of benzene rings is 1. The Morgan fingerprint density at radius 2 is 2.00 bits per heavy atom. The minimum Gasteiger partial charge on any atom is -0.409 e. The van der Waals surface area contributed by atoms with E-state index in [2.05, 4.69) is 10.5 Å². The average molecular weight is 252 g/mol. The first kappa shape index (κ1) is 11.9. The SMILES string of the molecule is NC(CNc1c(Cl)cc(F)cc1Cl)=NO. The predicted molar refractivity (Wildman–Crippen MR) is 58.3 cm³/mol. The number of halogens is 3. The van der Waals surface area contributed by atoms with Gasteiger partial charge in [0, 0.05) is 0 Å². The van der Waals surface area contributed by atoms with Crippen molar-refractivity contribution in [3.8, 4) is 0 Å². The molecule has 7 heteroatoms. The average Bonchev–Trinajstić information content (AvgIpc) is 2.15. The fourth-order valence-electron chi connectivity index (χ4n) is 0.925. The van der Waals surface area contributed by atoms with Crippen LogP contribution < -0.4 is 11.1 Å². The van der Waals surface area contributed by atoms with Gasteiger partial charge in [0.15, 0.2) is 5.84 Å². The van der Waals surface area contributed by atoms with Gasteiger partial charge in [0.2, 0.25) is 0 Å². The maximum absolute atomic E-state index is 12.8. The fourth-order valence-corrected chi connectivity index (χ4v) is 1.52. The molecule has 4 N–H and O–H groups in total. The van der Waals surface area contributed by atoms with Gasteiger partial charge in [-0.05, 0) is 12.1 Å². The molecule has 0 fully saturated rings. The summed E-state index contributed by atoms with van der Waals surface area (Å²) in [6.45, 7) is 0.0571. The maximum atomic E-state index is 12.8. The second-order valence-electron chi connectivity index (χ2n) is 2.69. The largest absolute Gasteiger partial charge is 0.409 e. The van der Waals surface area contributed by atoms with Crippen LogP contribution in [0.15, 0.2) is 17.3 Å². The van der Waals surface area contributed by atoms with Crippen molar-refractivity contribution in [1.82, 2.24) is 0 Å². The molecule has 0 aliphatic heterocycles. The number of hydrogen-bond donors (Lipinski definition) is 3. The van der Waals surface area contributed by atoms with Crippen LogP contribution in [0.4, 0.5) is 10.1 Å². The number of amidine groups is 1. The van der Waals surface area contributed by atoms with Crippen LogP contribution in [0.3, 0.4) is 0 Å². The topological polar surface area (TPSA) is 70.6 Å². The summed E-state index contributed by atoms with van der Waals surface area (Å²) in [5.41, 5.74) is 5.57. The second-order valence-corrected chi connectivity index (χ2v) is 3.50. The van der Waals surface area contributed by atoms with E-state index >= 15 is 0 Å². The fraction of sp³-hybridized carbons (Fsp3) is 0.125. The van der Waals surface area contributed by atoms with Crippen molar-refractivity contribution < 1.29 is 9.60 Å². The maximum Gasteiger partial charge on any atom is 0.158 e. The third-order valence-electron chi connectivity index (χ3n) is 1.58. The molecule has 0 unspecified atom stereocenters. The van der Waals surface area contributed by atoms with Gasteiger partial charge >= 0.3 is 0 Å². The van der Waals surface area contributed by atoms with E-state index in [1.54, 1.807) is 0 Å². The summed E-state index contributed by atoms with van der Waals surface area (Å²) < 4.78 is 12.8. The first-order valence-corrected chi connectivity index (χ1v) is 4.65. The summed E-state index contributed by atoms with van der Waals surface area (Å²) in [5, 5.41) is 14.0. The van der Waals surface area contributed by atoms with Gasteiger partial charge in [0.05, 0.1) is 22.3 Å². The molecule has 0 atom stereocenters. The molecule has 4 nitrogen and oxygen atoms in total. The van der Waals surface area contributed by atoms with Gasteiger partial charge in [-0.25, -0.2) is 4.39 Å². The zero-order chi connectivity index (χ0) is 11.4. The molecule has 0 saturated carbocycles. The highest BCUT2D eigenvalue weighted by atomic mass is 35.5. The molecule has 1 rings (SSSR count). The highest BCUT2D eigenvalue weighted by Crippen LogP contribution is 2.30. The van der Waals surface area contributed by atoms with Crippen molar-refractivity contribution in [2.45, 2.75) is 0 Å². The number of oxime groups is 1. The van der Waals surface area contributed by atoms with Crippen LogP contribution in [0, 0.1) is 5.82 Å². The monoisotopic (exact) mass is 251 g/mol. The molecule has 1 aromatic rings. The Morgan fingerprint density at radius 1 is 1.47 bits per heavy atom. The van der Waals surface area contributed by atoms with Gasteiger partial charge in [-0.3, -0.25) is 0 Å². The summed E-state index contributed by atoms with van der Waals surface area (Å²) in [7, 11) is 0. The summed E-state index contributed by atoms with van der Waals surface area (Å²) in [6, 6.07) is 2.23. The Morgan fingerprint density at radius 3 is 2.47 bits per heavy atom. The lowest BCUT2D eigenvalue weighted by atomic mass is 10.3. The smallest absolute Gasteiger partial charge is 0.158 e. The van der Waals surface area contributed by atoms with Crippen LogP contribution in [-0.2, 0) is 0 Å². The lowest BCUT2D eigenvalue weighted by Gasteiger charge is -2.09. The van der Waals surface area contributed by atoms with E-state index in [9.17, 15) is 4.39 Å². The Balaban J connectivity index is 2.86. The summed E-state index contributed by atoms with van der Waals surface area (Å²) in [6.07, 6.45) is 0. The van der Waals surface area contributed by atoms with Crippen LogP contribution in [0.5, 0.6) is 0 Å². The lowest BCUT2D eigenvalue weighted by molar-refractivity contribution is 0.317. The Hall–Kier alpha value is -1.20. The summed E-state index contributed by atoms with van der Waals surface area (Å²) in [5.74, 6) is -0.564. The zero-order valence-corrected chi connectivity index (χ0v) is 8.98. The number of hydrogen-bond acceptors (Lipinski definition) is 3. The van der Waals surface area contributed by atoms with Gasteiger partial charge in [0.1, 0.15) is 5.82 Å². The van der Waals surface area contributed by atoms with E-state index in [4.69, 9.17) is 34.1 Å². The molecular formula is C8H8Cl2FN3O. The molecule has 0 heterocycles. The van der Waals surface area contributed by atoms with Gasteiger partial charge in [0.25, 0.3) is 0 Å². The summed E-state index contributed by atoms with van der Waals surface area (Å²) >= 11 is 11.5. The van der Waals surface area contributed by atoms with Crippen molar-refractivity contribution in [1.29, 1.82) is 0 Å². The molecule has 0 amide bonds. The van der Waals surface area contributed by atoms with Crippen LogP contribution in [0.2, 0.25) is 10.0 Å². The zero-order valence-electron chi connectivity index (χ0n) is 7.47. The standard InChI is InChI=1S/C8H8Cl2FN3O/c9-5-1-4(11)2-6(10)8(5)13-3-7(12)14-15/h1-2,13,15H,3H2,(H2,12,14). The van der Waals surface area contributed by atoms with Crippen LogP contribution in [0.25, 0.3) is 0 Å². The third-order valence-corrected chi connectivity index (χ3v) is 2.18. The molecule has 0 radical (unpaired) electrons.